The number of anilines is 3. The second-order valence-electron chi connectivity index (χ2n) is 8.57. The number of aryl methyl sites for hydroxylation is 1. The smallest absolute Gasteiger partial charge is 0.256 e. The summed E-state index contributed by atoms with van der Waals surface area (Å²) in [5, 5.41) is 9.78. The van der Waals surface area contributed by atoms with Gasteiger partial charge in [-0.3, -0.25) is 4.79 Å². The van der Waals surface area contributed by atoms with Crippen LogP contribution in [0.25, 0.3) is 0 Å². The Morgan fingerprint density at radius 2 is 1.89 bits per heavy atom. The number of nitrogens with one attached hydrogen (secondary N) is 3. The Bertz CT molecular complexity index is 1310. The molecule has 0 fully saturated rings. The Labute approximate surface area is 204 Å². The third-order valence-electron chi connectivity index (χ3n) is 5.89. The molecule has 1 amide bonds. The Morgan fingerprint density at radius 1 is 1.03 bits per heavy atom. The number of fused-ring (bicyclic) bond motifs is 1. The van der Waals surface area contributed by atoms with Gasteiger partial charge in [-0.1, -0.05) is 23.8 Å². The Balaban J connectivity index is 1.16. The van der Waals surface area contributed by atoms with Gasteiger partial charge in [0.2, 0.25) is 5.88 Å². The van der Waals surface area contributed by atoms with Crippen molar-refractivity contribution in [3.63, 3.8) is 0 Å². The van der Waals surface area contributed by atoms with Gasteiger partial charge in [0.1, 0.15) is 17.1 Å². The van der Waals surface area contributed by atoms with Crippen LogP contribution in [0.5, 0.6) is 11.6 Å². The highest BCUT2D eigenvalue weighted by Crippen LogP contribution is 2.28. The van der Waals surface area contributed by atoms with Gasteiger partial charge >= 0.3 is 0 Å². The number of aromatic nitrogens is 2. The fourth-order valence-electron chi connectivity index (χ4n) is 4.15. The van der Waals surface area contributed by atoms with E-state index in [9.17, 15) is 4.79 Å². The largest absolute Gasteiger partial charge is 0.438 e. The fraction of sp³-hybridized carbons (Fsp3) is 0.179. The molecular formula is C28H27N5O2. The molecule has 1 aliphatic rings. The van der Waals surface area contributed by atoms with E-state index in [1.165, 1.54) is 16.8 Å². The van der Waals surface area contributed by atoms with Crippen LogP contribution in [0.2, 0.25) is 0 Å². The minimum absolute atomic E-state index is 0.201. The van der Waals surface area contributed by atoms with E-state index in [-0.39, 0.29) is 11.8 Å². The Hall–Kier alpha value is -4.39. The maximum atomic E-state index is 12.9. The molecule has 0 spiro atoms. The molecule has 4 aromatic rings. The van der Waals surface area contributed by atoms with Gasteiger partial charge in [-0.2, -0.15) is 0 Å². The molecule has 0 aliphatic carbocycles. The summed E-state index contributed by atoms with van der Waals surface area (Å²) in [7, 11) is 0. The molecule has 1 unspecified atom stereocenters. The number of rotatable bonds is 8. The summed E-state index contributed by atoms with van der Waals surface area (Å²) < 4.78 is 5.94. The Morgan fingerprint density at radius 3 is 2.71 bits per heavy atom. The Kier molecular flexibility index (Phi) is 6.57. The number of carbonyl (C=O) groups excluding carboxylic acids is 1. The number of benzene rings is 2. The second-order valence-corrected chi connectivity index (χ2v) is 8.57. The number of pyridine rings is 2. The number of amides is 1. The molecular weight excluding hydrogens is 438 g/mol. The zero-order chi connectivity index (χ0) is 24.0. The van der Waals surface area contributed by atoms with Crippen molar-refractivity contribution in [2.24, 2.45) is 0 Å². The summed E-state index contributed by atoms with van der Waals surface area (Å²) in [5.41, 5.74) is 5.08. The average molecular weight is 466 g/mol. The van der Waals surface area contributed by atoms with Crippen LogP contribution in [-0.2, 0) is 6.42 Å². The van der Waals surface area contributed by atoms with Gasteiger partial charge in [-0.05, 0) is 79.9 Å². The first-order valence-electron chi connectivity index (χ1n) is 11.7. The SMILES string of the molecule is Cc1ccc2c(c1)CC(CCNC(=O)c1cccnc1Oc1ccc(Nc3ccccn3)cc1)N2. The maximum absolute atomic E-state index is 12.9. The first kappa shape index (κ1) is 22.4. The van der Waals surface area contributed by atoms with Gasteiger partial charge in [0.05, 0.1) is 0 Å². The van der Waals surface area contributed by atoms with E-state index in [0.717, 1.165) is 24.3 Å². The standard InChI is InChI=1S/C28H27N5O2/c1-19-7-12-25-20(17-19)18-22(32-25)13-16-30-27(34)24-5-4-15-31-28(24)35-23-10-8-21(9-11-23)33-26-6-2-3-14-29-26/h2-12,14-15,17,22,32H,13,16,18H2,1H3,(H,29,33)(H,30,34). The molecule has 3 N–H and O–H groups in total. The molecule has 1 aliphatic heterocycles. The van der Waals surface area contributed by atoms with Gasteiger partial charge in [0.15, 0.2) is 0 Å². The van der Waals surface area contributed by atoms with E-state index in [0.29, 0.717) is 23.9 Å². The van der Waals surface area contributed by atoms with Crippen LogP contribution in [0.3, 0.4) is 0 Å². The summed E-state index contributed by atoms with van der Waals surface area (Å²) in [4.78, 5) is 21.4. The van der Waals surface area contributed by atoms with Crippen molar-refractivity contribution in [3.8, 4) is 11.6 Å². The van der Waals surface area contributed by atoms with E-state index < -0.39 is 0 Å². The molecule has 0 saturated carbocycles. The number of ether oxygens (including phenoxy) is 1. The molecule has 35 heavy (non-hydrogen) atoms. The van der Waals surface area contributed by atoms with Crippen molar-refractivity contribution in [1.82, 2.24) is 15.3 Å². The predicted octanol–water partition coefficient (Wildman–Crippen LogP) is 5.48. The molecule has 1 atom stereocenters. The van der Waals surface area contributed by atoms with E-state index in [1.54, 1.807) is 24.5 Å². The van der Waals surface area contributed by atoms with Crippen LogP contribution < -0.4 is 20.7 Å². The van der Waals surface area contributed by atoms with Gasteiger partial charge < -0.3 is 20.7 Å². The van der Waals surface area contributed by atoms with Crippen molar-refractivity contribution in [2.45, 2.75) is 25.8 Å². The third kappa shape index (κ3) is 5.58. The zero-order valence-corrected chi connectivity index (χ0v) is 19.5. The zero-order valence-electron chi connectivity index (χ0n) is 19.5. The van der Waals surface area contributed by atoms with Crippen LogP contribution in [0, 0.1) is 6.92 Å². The molecule has 7 nitrogen and oxygen atoms in total. The minimum Gasteiger partial charge on any atom is -0.438 e. The highest BCUT2D eigenvalue weighted by molar-refractivity contribution is 5.96. The molecule has 2 aromatic carbocycles. The molecule has 0 bridgehead atoms. The first-order chi connectivity index (χ1) is 17.1. The minimum atomic E-state index is -0.201. The number of hydrogen-bond acceptors (Lipinski definition) is 6. The summed E-state index contributed by atoms with van der Waals surface area (Å²) in [6, 6.07) is 23.4. The molecule has 176 valence electrons. The van der Waals surface area contributed by atoms with E-state index in [4.69, 9.17) is 4.74 Å². The number of nitrogens with zero attached hydrogens (tertiary/aromatic N) is 2. The van der Waals surface area contributed by atoms with E-state index >= 15 is 0 Å². The predicted molar refractivity (Wildman–Crippen MR) is 138 cm³/mol. The van der Waals surface area contributed by atoms with Crippen molar-refractivity contribution in [3.05, 3.63) is 102 Å². The number of carbonyl (C=O) groups is 1. The molecule has 2 aromatic heterocycles. The highest BCUT2D eigenvalue weighted by Gasteiger charge is 2.21. The van der Waals surface area contributed by atoms with Gasteiger partial charge in [0.25, 0.3) is 5.91 Å². The van der Waals surface area contributed by atoms with Crippen LogP contribution in [0.15, 0.2) is 85.2 Å². The fourth-order valence-corrected chi connectivity index (χ4v) is 4.15. The molecule has 3 heterocycles. The summed E-state index contributed by atoms with van der Waals surface area (Å²) in [6.45, 7) is 2.67. The molecule has 5 rings (SSSR count). The van der Waals surface area contributed by atoms with E-state index in [2.05, 4.69) is 51.0 Å². The van der Waals surface area contributed by atoms with Crippen molar-refractivity contribution in [2.75, 3.05) is 17.2 Å². The molecule has 0 saturated heterocycles. The van der Waals surface area contributed by atoms with Crippen LogP contribution in [0.1, 0.15) is 27.9 Å². The normalized spacial score (nSPS) is 14.0. The lowest BCUT2D eigenvalue weighted by Gasteiger charge is -2.13. The lowest BCUT2D eigenvalue weighted by molar-refractivity contribution is 0.0950. The summed E-state index contributed by atoms with van der Waals surface area (Å²) in [5.74, 6) is 1.43. The van der Waals surface area contributed by atoms with Crippen molar-refractivity contribution < 1.29 is 9.53 Å². The monoisotopic (exact) mass is 465 g/mol. The van der Waals surface area contributed by atoms with Crippen LogP contribution >= 0.6 is 0 Å². The first-order valence-corrected chi connectivity index (χ1v) is 11.7. The third-order valence-corrected chi connectivity index (χ3v) is 5.89. The summed E-state index contributed by atoms with van der Waals surface area (Å²) >= 11 is 0. The topological polar surface area (TPSA) is 88.2 Å². The van der Waals surface area contributed by atoms with E-state index in [1.807, 2.05) is 42.5 Å². The van der Waals surface area contributed by atoms with Crippen molar-refractivity contribution in [1.29, 1.82) is 0 Å². The summed E-state index contributed by atoms with van der Waals surface area (Å²) in [6.07, 6.45) is 5.16. The van der Waals surface area contributed by atoms with Crippen molar-refractivity contribution >= 4 is 23.1 Å². The van der Waals surface area contributed by atoms with Crippen LogP contribution in [-0.4, -0.2) is 28.5 Å². The number of hydrogen-bond donors (Lipinski definition) is 3. The van der Waals surface area contributed by atoms with Gasteiger partial charge in [0, 0.05) is 36.4 Å². The lowest BCUT2D eigenvalue weighted by Crippen LogP contribution is -2.29. The highest BCUT2D eigenvalue weighted by atomic mass is 16.5. The average Bonchev–Trinajstić information content (AvgIpc) is 3.28. The van der Waals surface area contributed by atoms with Gasteiger partial charge in [-0.15, -0.1) is 0 Å². The van der Waals surface area contributed by atoms with Gasteiger partial charge in [-0.25, -0.2) is 9.97 Å². The molecule has 0 radical (unpaired) electrons. The second kappa shape index (κ2) is 10.3. The van der Waals surface area contributed by atoms with Crippen LogP contribution in [0.4, 0.5) is 17.2 Å². The maximum Gasteiger partial charge on any atom is 0.256 e. The molecule has 7 heteroatoms. The lowest BCUT2D eigenvalue weighted by atomic mass is 10.1. The quantitative estimate of drug-likeness (QED) is 0.319.